The quantitative estimate of drug-likeness (QED) is 0.865. The van der Waals surface area contributed by atoms with E-state index in [9.17, 15) is 0 Å². The van der Waals surface area contributed by atoms with E-state index in [2.05, 4.69) is 28.2 Å². The molecule has 0 radical (unpaired) electrons. The van der Waals surface area contributed by atoms with E-state index in [-0.39, 0.29) is 0 Å². The minimum absolute atomic E-state index is 0.772. The van der Waals surface area contributed by atoms with E-state index in [0.717, 1.165) is 18.4 Å². The number of hydrogen-bond acceptors (Lipinski definition) is 3. The zero-order valence-corrected chi connectivity index (χ0v) is 11.7. The molecule has 1 aromatic rings. The van der Waals surface area contributed by atoms with Crippen LogP contribution in [0.4, 0.5) is 5.82 Å². The van der Waals surface area contributed by atoms with Gasteiger partial charge in [0, 0.05) is 31.4 Å². The predicted octanol–water partition coefficient (Wildman–Crippen LogP) is 3.28. The molecule has 1 aliphatic rings. The predicted molar refractivity (Wildman–Crippen MR) is 76.7 cm³/mol. The van der Waals surface area contributed by atoms with Crippen LogP contribution in [-0.4, -0.2) is 29.5 Å². The fourth-order valence-corrected chi connectivity index (χ4v) is 2.94. The fraction of sp³-hybridized carbons (Fsp3) is 0.667. The molecule has 1 fully saturated rings. The zero-order valence-electron chi connectivity index (χ0n) is 11.7. The third kappa shape index (κ3) is 3.22. The number of hydrogen-bond donors (Lipinski definition) is 1. The number of likely N-dealkylation sites (tertiary alicyclic amines) is 1. The van der Waals surface area contributed by atoms with Gasteiger partial charge in [0.05, 0.1) is 0 Å². The van der Waals surface area contributed by atoms with Gasteiger partial charge in [0.15, 0.2) is 0 Å². The molecule has 1 atom stereocenters. The number of piperidine rings is 1. The fourth-order valence-electron chi connectivity index (χ4n) is 2.94. The first kappa shape index (κ1) is 13.3. The maximum Gasteiger partial charge on any atom is 0.130 e. The summed E-state index contributed by atoms with van der Waals surface area (Å²) < 4.78 is 0. The number of anilines is 1. The highest BCUT2D eigenvalue weighted by molar-refractivity contribution is 5.42. The Bertz CT molecular complexity index is 363. The van der Waals surface area contributed by atoms with Crippen LogP contribution in [0.5, 0.6) is 0 Å². The Morgan fingerprint density at radius 1 is 1.44 bits per heavy atom. The molecule has 3 nitrogen and oxygen atoms in total. The highest BCUT2D eigenvalue weighted by atomic mass is 15.2. The normalized spacial score (nSPS) is 20.9. The standard InChI is InChI=1S/C15H25N3/c1-3-7-14-9-4-5-11-18(14)12-13-8-6-10-17-15(13)16-2/h6,8,10,14H,3-5,7,9,11-12H2,1-2H3,(H,16,17). The lowest BCUT2D eigenvalue weighted by Crippen LogP contribution is -2.38. The van der Waals surface area contributed by atoms with Gasteiger partial charge >= 0.3 is 0 Å². The van der Waals surface area contributed by atoms with Crippen LogP contribution in [0.15, 0.2) is 18.3 Å². The van der Waals surface area contributed by atoms with Gasteiger partial charge in [-0.1, -0.05) is 25.8 Å². The molecule has 1 aliphatic heterocycles. The van der Waals surface area contributed by atoms with E-state index < -0.39 is 0 Å². The Morgan fingerprint density at radius 3 is 3.11 bits per heavy atom. The van der Waals surface area contributed by atoms with Crippen LogP contribution >= 0.6 is 0 Å². The van der Waals surface area contributed by atoms with Crippen LogP contribution in [-0.2, 0) is 6.54 Å². The minimum Gasteiger partial charge on any atom is -0.373 e. The third-order valence-corrected chi connectivity index (χ3v) is 3.87. The number of nitrogens with one attached hydrogen (secondary N) is 1. The Labute approximate surface area is 111 Å². The Balaban J connectivity index is 2.05. The summed E-state index contributed by atoms with van der Waals surface area (Å²) in [4.78, 5) is 7.04. The smallest absolute Gasteiger partial charge is 0.130 e. The van der Waals surface area contributed by atoms with Crippen molar-refractivity contribution >= 4 is 5.82 Å². The van der Waals surface area contributed by atoms with Crippen LogP contribution in [0.2, 0.25) is 0 Å². The number of pyridine rings is 1. The molecule has 1 saturated heterocycles. The first-order valence-corrected chi connectivity index (χ1v) is 7.20. The molecule has 3 heteroatoms. The number of aromatic nitrogens is 1. The van der Waals surface area contributed by atoms with Crippen LogP contribution in [0.1, 0.15) is 44.6 Å². The van der Waals surface area contributed by atoms with Gasteiger partial charge < -0.3 is 5.32 Å². The first-order chi connectivity index (χ1) is 8.85. The highest BCUT2D eigenvalue weighted by Gasteiger charge is 2.22. The first-order valence-electron chi connectivity index (χ1n) is 7.20. The van der Waals surface area contributed by atoms with Gasteiger partial charge in [-0.3, -0.25) is 4.90 Å². The van der Waals surface area contributed by atoms with Crippen LogP contribution in [0, 0.1) is 0 Å². The second kappa shape index (κ2) is 6.74. The lowest BCUT2D eigenvalue weighted by atomic mass is 9.97. The van der Waals surface area contributed by atoms with Crippen molar-refractivity contribution in [2.75, 3.05) is 18.9 Å². The van der Waals surface area contributed by atoms with Crippen LogP contribution in [0.3, 0.4) is 0 Å². The van der Waals surface area contributed by atoms with Gasteiger partial charge in [-0.25, -0.2) is 4.98 Å². The average molecular weight is 247 g/mol. The molecular formula is C15H25N3. The van der Waals surface area contributed by atoms with Crippen molar-refractivity contribution in [1.82, 2.24) is 9.88 Å². The van der Waals surface area contributed by atoms with Crippen molar-refractivity contribution in [1.29, 1.82) is 0 Å². The highest BCUT2D eigenvalue weighted by Crippen LogP contribution is 2.24. The number of nitrogens with zero attached hydrogens (tertiary/aromatic N) is 2. The number of rotatable bonds is 5. The largest absolute Gasteiger partial charge is 0.373 e. The minimum atomic E-state index is 0.772. The van der Waals surface area contributed by atoms with E-state index in [1.54, 1.807) is 0 Å². The summed E-state index contributed by atoms with van der Waals surface area (Å²) >= 11 is 0. The van der Waals surface area contributed by atoms with Crippen LogP contribution in [0.25, 0.3) is 0 Å². The van der Waals surface area contributed by atoms with Gasteiger partial charge in [-0.05, 0) is 31.9 Å². The van der Waals surface area contributed by atoms with E-state index in [1.165, 1.54) is 44.2 Å². The maximum atomic E-state index is 4.40. The molecule has 1 unspecified atom stereocenters. The molecule has 0 aromatic carbocycles. The summed E-state index contributed by atoms with van der Waals surface area (Å²) in [5.74, 6) is 1.03. The maximum absolute atomic E-state index is 4.40. The zero-order chi connectivity index (χ0) is 12.8. The molecule has 100 valence electrons. The van der Waals surface area contributed by atoms with Gasteiger partial charge in [0.25, 0.3) is 0 Å². The third-order valence-electron chi connectivity index (χ3n) is 3.87. The summed E-state index contributed by atoms with van der Waals surface area (Å²) in [5, 5.41) is 3.19. The SMILES string of the molecule is CCCC1CCCCN1Cc1cccnc1NC. The second-order valence-electron chi connectivity index (χ2n) is 5.17. The van der Waals surface area contributed by atoms with E-state index >= 15 is 0 Å². The van der Waals surface area contributed by atoms with E-state index in [0.29, 0.717) is 0 Å². The summed E-state index contributed by atoms with van der Waals surface area (Å²) in [6, 6.07) is 5.00. The molecule has 2 rings (SSSR count). The molecule has 2 heterocycles. The van der Waals surface area contributed by atoms with Gasteiger partial charge in [-0.2, -0.15) is 0 Å². The summed E-state index contributed by atoms with van der Waals surface area (Å²) in [7, 11) is 1.95. The molecule has 0 aliphatic carbocycles. The Morgan fingerprint density at radius 2 is 2.33 bits per heavy atom. The molecule has 0 amide bonds. The van der Waals surface area contributed by atoms with Gasteiger partial charge in [-0.15, -0.1) is 0 Å². The topological polar surface area (TPSA) is 28.2 Å². The molecule has 18 heavy (non-hydrogen) atoms. The summed E-state index contributed by atoms with van der Waals surface area (Å²) in [6.45, 7) is 4.56. The Hall–Kier alpha value is -1.09. The van der Waals surface area contributed by atoms with Crippen molar-refractivity contribution in [2.24, 2.45) is 0 Å². The lowest BCUT2D eigenvalue weighted by Gasteiger charge is -2.36. The van der Waals surface area contributed by atoms with Crippen molar-refractivity contribution in [2.45, 2.75) is 51.6 Å². The molecule has 0 spiro atoms. The molecule has 1 aromatic heterocycles. The lowest BCUT2D eigenvalue weighted by molar-refractivity contribution is 0.131. The molecule has 0 bridgehead atoms. The van der Waals surface area contributed by atoms with Gasteiger partial charge in [0.2, 0.25) is 0 Å². The van der Waals surface area contributed by atoms with Crippen LogP contribution < -0.4 is 5.32 Å². The van der Waals surface area contributed by atoms with E-state index in [1.807, 2.05) is 19.3 Å². The van der Waals surface area contributed by atoms with Gasteiger partial charge in [0.1, 0.15) is 5.82 Å². The molecular weight excluding hydrogens is 222 g/mol. The van der Waals surface area contributed by atoms with Crippen molar-refractivity contribution in [3.8, 4) is 0 Å². The van der Waals surface area contributed by atoms with Crippen molar-refractivity contribution < 1.29 is 0 Å². The van der Waals surface area contributed by atoms with Crippen molar-refractivity contribution in [3.63, 3.8) is 0 Å². The Kier molecular flexibility index (Phi) is 5.00. The average Bonchev–Trinajstić information content (AvgIpc) is 2.42. The molecule has 0 saturated carbocycles. The van der Waals surface area contributed by atoms with Crippen molar-refractivity contribution in [3.05, 3.63) is 23.9 Å². The summed E-state index contributed by atoms with van der Waals surface area (Å²) in [6.07, 6.45) is 8.57. The monoisotopic (exact) mass is 247 g/mol. The summed E-state index contributed by atoms with van der Waals surface area (Å²) in [5.41, 5.74) is 1.32. The second-order valence-corrected chi connectivity index (χ2v) is 5.17. The molecule has 1 N–H and O–H groups in total. The van der Waals surface area contributed by atoms with E-state index in [4.69, 9.17) is 0 Å².